The van der Waals surface area contributed by atoms with Gasteiger partial charge in [0.2, 0.25) is 0 Å². The van der Waals surface area contributed by atoms with E-state index >= 15 is 0 Å². The topological polar surface area (TPSA) is 0 Å². The van der Waals surface area contributed by atoms with Gasteiger partial charge in [-0.3, -0.25) is 0 Å². The molecule has 0 N–H and O–H groups in total. The summed E-state index contributed by atoms with van der Waals surface area (Å²) < 4.78 is 0. The molecule has 0 aromatic heterocycles. The molecule has 0 aromatic rings. The van der Waals surface area contributed by atoms with Gasteiger partial charge in [0.25, 0.3) is 0 Å². The maximum absolute atomic E-state index is 2.37. The van der Waals surface area contributed by atoms with E-state index in [4.69, 9.17) is 0 Å². The van der Waals surface area contributed by atoms with E-state index in [1.807, 2.05) is 0 Å². The van der Waals surface area contributed by atoms with Gasteiger partial charge in [-0.2, -0.15) is 0 Å². The number of rotatable bonds is 1. The van der Waals surface area contributed by atoms with Gasteiger partial charge in [0.1, 0.15) is 0 Å². The first-order valence-corrected chi connectivity index (χ1v) is 6.00. The molecule has 0 aliphatic rings. The zero-order valence-electron chi connectivity index (χ0n) is 9.47. The summed E-state index contributed by atoms with van der Waals surface area (Å²) in [6, 6.07) is 0. The molecule has 0 spiro atoms. The van der Waals surface area contributed by atoms with E-state index in [0.717, 1.165) is 0 Å². The molecule has 0 amide bonds. The van der Waals surface area contributed by atoms with Crippen molar-refractivity contribution in [3.05, 3.63) is 0 Å². The van der Waals surface area contributed by atoms with Crippen molar-refractivity contribution in [2.75, 3.05) is 6.16 Å². The van der Waals surface area contributed by atoms with Gasteiger partial charge in [-0.1, -0.05) is 56.4 Å². The maximum atomic E-state index is 2.37. The normalized spacial score (nSPS) is 13.0. The third kappa shape index (κ3) is 4.83. The van der Waals surface area contributed by atoms with Crippen LogP contribution in [0.5, 0.6) is 0 Å². The van der Waals surface area contributed by atoms with Crippen LogP contribution in [0.4, 0.5) is 0 Å². The molecule has 0 bridgehead atoms. The van der Waals surface area contributed by atoms with Gasteiger partial charge in [0, 0.05) is 0 Å². The summed E-state index contributed by atoms with van der Waals surface area (Å²) >= 11 is 0. The summed E-state index contributed by atoms with van der Waals surface area (Å²) in [7, 11) is 0.159. The molecule has 0 fully saturated rings. The van der Waals surface area contributed by atoms with Crippen molar-refractivity contribution in [1.82, 2.24) is 0 Å². The molecule has 12 heavy (non-hydrogen) atoms. The standard InChI is InChI=1S/C10H23P.Ni/c1-8-11(9(2,3)4)10(5,6)7;/h8H2,1-7H3;/q;+2. The predicted octanol–water partition coefficient (Wildman–Crippen LogP) is 4.08. The Labute approximate surface area is 89.6 Å². The van der Waals surface area contributed by atoms with Crippen molar-refractivity contribution in [2.24, 2.45) is 0 Å². The molecular formula is C10H23NiP+2. The van der Waals surface area contributed by atoms with Gasteiger partial charge >= 0.3 is 16.5 Å². The van der Waals surface area contributed by atoms with Crippen molar-refractivity contribution in [3.63, 3.8) is 0 Å². The van der Waals surface area contributed by atoms with E-state index in [0.29, 0.717) is 10.3 Å². The van der Waals surface area contributed by atoms with Gasteiger partial charge < -0.3 is 0 Å². The van der Waals surface area contributed by atoms with E-state index in [1.54, 1.807) is 0 Å². The van der Waals surface area contributed by atoms with E-state index in [2.05, 4.69) is 48.5 Å². The van der Waals surface area contributed by atoms with Crippen molar-refractivity contribution >= 4 is 7.92 Å². The first-order valence-electron chi connectivity index (χ1n) is 4.47. The Morgan fingerprint density at radius 3 is 1.08 bits per heavy atom. The zero-order chi connectivity index (χ0) is 9.28. The van der Waals surface area contributed by atoms with Gasteiger partial charge in [0.15, 0.2) is 0 Å². The summed E-state index contributed by atoms with van der Waals surface area (Å²) in [4.78, 5) is 0. The summed E-state index contributed by atoms with van der Waals surface area (Å²) in [5.74, 6) is 0. The number of hydrogen-bond donors (Lipinski definition) is 0. The second-order valence-corrected chi connectivity index (χ2v) is 9.26. The van der Waals surface area contributed by atoms with Gasteiger partial charge in [-0.05, 0) is 16.5 Å². The van der Waals surface area contributed by atoms with Gasteiger partial charge in [0.05, 0.1) is 0 Å². The van der Waals surface area contributed by atoms with Crippen LogP contribution < -0.4 is 0 Å². The summed E-state index contributed by atoms with van der Waals surface area (Å²) in [5.41, 5.74) is 0. The molecule has 0 nitrogen and oxygen atoms in total. The Bertz CT molecular complexity index is 105. The van der Waals surface area contributed by atoms with E-state index < -0.39 is 0 Å². The predicted molar refractivity (Wildman–Crippen MR) is 57.0 cm³/mol. The molecule has 2 heteroatoms. The summed E-state index contributed by atoms with van der Waals surface area (Å²) in [6.45, 7) is 16.5. The average molecular weight is 233 g/mol. The molecular weight excluding hydrogens is 210 g/mol. The first kappa shape index (κ1) is 15.4. The molecule has 0 saturated heterocycles. The van der Waals surface area contributed by atoms with Gasteiger partial charge in [-0.25, -0.2) is 0 Å². The Hall–Kier alpha value is 0.924. The fourth-order valence-corrected chi connectivity index (χ4v) is 5.86. The number of hydrogen-bond acceptors (Lipinski definition) is 0. The molecule has 0 heterocycles. The molecule has 0 aliphatic carbocycles. The van der Waals surface area contributed by atoms with E-state index in [9.17, 15) is 0 Å². The van der Waals surface area contributed by atoms with E-state index in [1.165, 1.54) is 6.16 Å². The minimum atomic E-state index is 0. The molecule has 0 atom stereocenters. The van der Waals surface area contributed by atoms with Crippen molar-refractivity contribution in [2.45, 2.75) is 58.8 Å². The van der Waals surface area contributed by atoms with Crippen LogP contribution in [0, 0.1) is 0 Å². The minimum absolute atomic E-state index is 0. The fraction of sp³-hybridized carbons (Fsp3) is 1.00. The monoisotopic (exact) mass is 232 g/mol. The van der Waals surface area contributed by atoms with Crippen LogP contribution in [0.25, 0.3) is 0 Å². The summed E-state index contributed by atoms with van der Waals surface area (Å²) in [6.07, 6.45) is 1.35. The Kier molecular flexibility index (Phi) is 6.37. The zero-order valence-corrected chi connectivity index (χ0v) is 11.4. The van der Waals surface area contributed by atoms with Gasteiger partial charge in [-0.15, -0.1) is 0 Å². The van der Waals surface area contributed by atoms with Crippen molar-refractivity contribution < 1.29 is 16.5 Å². The van der Waals surface area contributed by atoms with E-state index in [-0.39, 0.29) is 24.4 Å². The minimum Gasteiger partial charge on any atom is -0.0959 e. The SMILES string of the molecule is CCP(C(C)(C)C)C(C)(C)C.[Ni+2]. The molecule has 0 unspecified atom stereocenters. The summed E-state index contributed by atoms with van der Waals surface area (Å²) in [5, 5.41) is 1.03. The smallest absolute Gasteiger partial charge is 0.0959 e. The average Bonchev–Trinajstić information content (AvgIpc) is 1.56. The van der Waals surface area contributed by atoms with Crippen molar-refractivity contribution in [3.8, 4) is 0 Å². The molecule has 0 aliphatic heterocycles. The van der Waals surface area contributed by atoms with Crippen LogP contribution >= 0.6 is 7.92 Å². The quantitative estimate of drug-likeness (QED) is 0.472. The molecule has 0 rings (SSSR count). The second-order valence-electron chi connectivity index (χ2n) is 5.09. The van der Waals surface area contributed by atoms with Crippen LogP contribution in [0.1, 0.15) is 48.5 Å². The Morgan fingerprint density at radius 2 is 1.08 bits per heavy atom. The molecule has 0 radical (unpaired) electrons. The van der Waals surface area contributed by atoms with Crippen LogP contribution in [0.15, 0.2) is 0 Å². The Morgan fingerprint density at radius 1 is 0.833 bits per heavy atom. The fourth-order valence-electron chi connectivity index (χ4n) is 1.95. The van der Waals surface area contributed by atoms with Crippen molar-refractivity contribution in [1.29, 1.82) is 0 Å². The maximum Gasteiger partial charge on any atom is 2.00 e. The first-order chi connectivity index (χ1) is 4.69. The Balaban J connectivity index is 0. The van der Waals surface area contributed by atoms with Crippen LogP contribution in [-0.4, -0.2) is 16.5 Å². The second kappa shape index (κ2) is 4.97. The third-order valence-electron chi connectivity index (χ3n) is 1.94. The van der Waals surface area contributed by atoms with Crippen LogP contribution in [-0.2, 0) is 16.5 Å². The molecule has 0 aromatic carbocycles. The molecule has 76 valence electrons. The molecule has 0 saturated carbocycles. The van der Waals surface area contributed by atoms with Crippen LogP contribution in [0.2, 0.25) is 0 Å². The van der Waals surface area contributed by atoms with Crippen LogP contribution in [0.3, 0.4) is 0 Å². The third-order valence-corrected chi connectivity index (χ3v) is 5.81. The largest absolute Gasteiger partial charge is 2.00 e.